The molecule has 1 aromatic carbocycles. The Kier molecular flexibility index (Phi) is 3.79. The van der Waals surface area contributed by atoms with E-state index in [0.717, 1.165) is 18.4 Å². The molecule has 2 aliphatic rings. The highest BCUT2D eigenvalue weighted by Crippen LogP contribution is 2.36. The third-order valence-electron chi connectivity index (χ3n) is 4.99. The second-order valence-corrected chi connectivity index (χ2v) is 6.21. The van der Waals surface area contributed by atoms with E-state index >= 15 is 0 Å². The molecule has 2 aliphatic heterocycles. The summed E-state index contributed by atoms with van der Waals surface area (Å²) in [4.78, 5) is 14.8. The van der Waals surface area contributed by atoms with Gasteiger partial charge in [-0.25, -0.2) is 0 Å². The number of nitrogens with zero attached hydrogens (tertiary/aromatic N) is 1. The minimum absolute atomic E-state index is 0.0786. The molecule has 2 saturated heterocycles. The van der Waals surface area contributed by atoms with Crippen LogP contribution >= 0.6 is 0 Å². The molecule has 3 nitrogen and oxygen atoms in total. The fourth-order valence-corrected chi connectivity index (χ4v) is 3.60. The van der Waals surface area contributed by atoms with Crippen LogP contribution in [0.25, 0.3) is 0 Å². The van der Waals surface area contributed by atoms with Crippen LogP contribution in [0.5, 0.6) is 0 Å². The second-order valence-electron chi connectivity index (χ2n) is 6.21. The number of carbonyl (C=O) groups is 1. The lowest BCUT2D eigenvalue weighted by molar-refractivity contribution is -0.153. The van der Waals surface area contributed by atoms with Gasteiger partial charge in [-0.2, -0.15) is 0 Å². The Hall–Kier alpha value is -1.35. The van der Waals surface area contributed by atoms with Gasteiger partial charge in [0.05, 0.1) is 5.92 Å². The number of carbonyl (C=O) groups excluding carboxylic acids is 1. The number of hydrogen-bond acceptors (Lipinski definition) is 3. The lowest BCUT2D eigenvalue weighted by Crippen LogP contribution is -2.43. The molecular formula is C17H23NO2. The lowest BCUT2D eigenvalue weighted by atomic mass is 9.99. The van der Waals surface area contributed by atoms with Crippen LogP contribution in [0.15, 0.2) is 30.3 Å². The zero-order valence-electron chi connectivity index (χ0n) is 12.3. The molecule has 0 saturated carbocycles. The van der Waals surface area contributed by atoms with Crippen LogP contribution < -0.4 is 0 Å². The third kappa shape index (κ3) is 2.59. The first kappa shape index (κ1) is 13.6. The normalized spacial score (nSPS) is 31.0. The molecule has 3 atom stereocenters. The van der Waals surface area contributed by atoms with Crippen LogP contribution in [0.3, 0.4) is 0 Å². The van der Waals surface area contributed by atoms with Crippen LogP contribution in [-0.4, -0.2) is 36.1 Å². The molecule has 0 aliphatic carbocycles. The molecule has 20 heavy (non-hydrogen) atoms. The van der Waals surface area contributed by atoms with Gasteiger partial charge >= 0.3 is 5.97 Å². The Bertz CT molecular complexity index is 459. The Morgan fingerprint density at radius 2 is 1.80 bits per heavy atom. The summed E-state index contributed by atoms with van der Waals surface area (Å²) in [5.74, 6) is -0.251. The van der Waals surface area contributed by atoms with Crippen LogP contribution in [0, 0.1) is 0 Å². The van der Waals surface area contributed by atoms with E-state index in [4.69, 9.17) is 4.74 Å². The summed E-state index contributed by atoms with van der Waals surface area (Å²) in [7, 11) is 2.20. The number of benzene rings is 1. The summed E-state index contributed by atoms with van der Waals surface area (Å²) < 4.78 is 5.77. The number of ether oxygens (including phenoxy) is 1. The summed E-state index contributed by atoms with van der Waals surface area (Å²) in [6, 6.07) is 11.1. The quantitative estimate of drug-likeness (QED) is 0.793. The van der Waals surface area contributed by atoms with Crippen LogP contribution in [0.4, 0.5) is 0 Å². The van der Waals surface area contributed by atoms with Crippen LogP contribution in [0.1, 0.15) is 44.1 Å². The molecule has 2 bridgehead atoms. The number of piperidine rings is 1. The van der Waals surface area contributed by atoms with Crippen molar-refractivity contribution in [3.8, 4) is 0 Å². The molecule has 108 valence electrons. The van der Waals surface area contributed by atoms with Crippen LogP contribution in [0.2, 0.25) is 0 Å². The van der Waals surface area contributed by atoms with E-state index in [1.54, 1.807) is 0 Å². The predicted octanol–water partition coefficient (Wildman–Crippen LogP) is 2.96. The molecule has 0 aromatic heterocycles. The highest BCUT2D eigenvalue weighted by molar-refractivity contribution is 5.77. The van der Waals surface area contributed by atoms with E-state index in [2.05, 4.69) is 11.9 Å². The minimum atomic E-state index is -0.173. The Morgan fingerprint density at radius 1 is 1.20 bits per heavy atom. The number of esters is 1. The molecule has 2 heterocycles. The first-order valence-corrected chi connectivity index (χ1v) is 7.62. The molecular weight excluding hydrogens is 250 g/mol. The van der Waals surface area contributed by atoms with Gasteiger partial charge in [0.15, 0.2) is 0 Å². The van der Waals surface area contributed by atoms with Crippen molar-refractivity contribution in [2.75, 3.05) is 7.05 Å². The van der Waals surface area contributed by atoms with Gasteiger partial charge in [0.2, 0.25) is 0 Å². The molecule has 0 N–H and O–H groups in total. The smallest absolute Gasteiger partial charge is 0.313 e. The van der Waals surface area contributed by atoms with E-state index in [-0.39, 0.29) is 18.0 Å². The maximum Gasteiger partial charge on any atom is 0.313 e. The van der Waals surface area contributed by atoms with Gasteiger partial charge in [-0.15, -0.1) is 0 Å². The molecule has 3 rings (SSSR count). The summed E-state index contributed by atoms with van der Waals surface area (Å²) in [6.07, 6.45) is 4.62. The predicted molar refractivity (Wildman–Crippen MR) is 78.5 cm³/mol. The minimum Gasteiger partial charge on any atom is -0.462 e. The van der Waals surface area contributed by atoms with Crippen molar-refractivity contribution in [1.29, 1.82) is 0 Å². The molecule has 0 amide bonds. The summed E-state index contributed by atoms with van der Waals surface area (Å²) in [5.41, 5.74) is 1.04. The Labute approximate surface area is 120 Å². The number of fused-ring (bicyclic) bond motifs is 2. The van der Waals surface area contributed by atoms with Gasteiger partial charge in [-0.3, -0.25) is 4.79 Å². The van der Waals surface area contributed by atoms with Crippen molar-refractivity contribution in [1.82, 2.24) is 4.90 Å². The lowest BCUT2D eigenvalue weighted by Gasteiger charge is -2.36. The van der Waals surface area contributed by atoms with E-state index in [1.165, 1.54) is 12.8 Å². The average molecular weight is 273 g/mol. The van der Waals surface area contributed by atoms with E-state index < -0.39 is 0 Å². The summed E-state index contributed by atoms with van der Waals surface area (Å²) in [6.45, 7) is 1.93. The topological polar surface area (TPSA) is 29.5 Å². The van der Waals surface area contributed by atoms with Crippen LogP contribution in [-0.2, 0) is 9.53 Å². The standard InChI is InChI=1S/C17H23NO2/c1-12(13-6-4-3-5-7-13)17(19)20-16-10-14-8-9-15(11-16)18(14)2/h3-7,12,14-16H,8-11H2,1-2H3/t12-,14?,15?,16?/m1/s1. The first-order chi connectivity index (χ1) is 9.65. The van der Waals surface area contributed by atoms with Crippen molar-refractivity contribution in [3.05, 3.63) is 35.9 Å². The summed E-state index contributed by atoms with van der Waals surface area (Å²) >= 11 is 0. The second kappa shape index (κ2) is 5.57. The molecule has 2 fully saturated rings. The molecule has 2 unspecified atom stereocenters. The molecule has 3 heteroatoms. The van der Waals surface area contributed by atoms with Gasteiger partial charge in [0.25, 0.3) is 0 Å². The van der Waals surface area contributed by atoms with Gasteiger partial charge < -0.3 is 9.64 Å². The van der Waals surface area contributed by atoms with E-state index in [0.29, 0.717) is 12.1 Å². The molecule has 0 spiro atoms. The fraction of sp³-hybridized carbons (Fsp3) is 0.588. The maximum absolute atomic E-state index is 12.3. The van der Waals surface area contributed by atoms with E-state index in [9.17, 15) is 4.79 Å². The highest BCUT2D eigenvalue weighted by atomic mass is 16.5. The number of hydrogen-bond donors (Lipinski definition) is 0. The molecule has 0 radical (unpaired) electrons. The van der Waals surface area contributed by atoms with Gasteiger partial charge in [-0.1, -0.05) is 30.3 Å². The molecule has 1 aromatic rings. The zero-order valence-corrected chi connectivity index (χ0v) is 12.3. The van der Waals surface area contributed by atoms with Gasteiger partial charge in [0.1, 0.15) is 6.10 Å². The SMILES string of the molecule is C[C@@H](C(=O)OC1CC2CCC(C1)N2C)c1ccccc1. The van der Waals surface area contributed by atoms with Crippen molar-refractivity contribution >= 4 is 5.97 Å². The monoisotopic (exact) mass is 273 g/mol. The average Bonchev–Trinajstić information content (AvgIpc) is 2.69. The van der Waals surface area contributed by atoms with Gasteiger partial charge in [0, 0.05) is 12.1 Å². The van der Waals surface area contributed by atoms with Crippen molar-refractivity contribution in [2.45, 2.75) is 56.7 Å². The third-order valence-corrected chi connectivity index (χ3v) is 4.99. The van der Waals surface area contributed by atoms with Crippen molar-refractivity contribution < 1.29 is 9.53 Å². The first-order valence-electron chi connectivity index (χ1n) is 7.62. The zero-order chi connectivity index (χ0) is 14.1. The van der Waals surface area contributed by atoms with E-state index in [1.807, 2.05) is 37.3 Å². The fourth-order valence-electron chi connectivity index (χ4n) is 3.60. The highest BCUT2D eigenvalue weighted by Gasteiger charge is 2.40. The largest absolute Gasteiger partial charge is 0.462 e. The Balaban J connectivity index is 1.60. The summed E-state index contributed by atoms with van der Waals surface area (Å²) in [5, 5.41) is 0. The number of rotatable bonds is 3. The van der Waals surface area contributed by atoms with Crippen molar-refractivity contribution in [3.63, 3.8) is 0 Å². The van der Waals surface area contributed by atoms with Gasteiger partial charge in [-0.05, 0) is 45.2 Å². The maximum atomic E-state index is 12.3. The Morgan fingerprint density at radius 3 is 2.40 bits per heavy atom. The van der Waals surface area contributed by atoms with Crippen molar-refractivity contribution in [2.24, 2.45) is 0 Å².